The molecule has 6 nitrogen and oxygen atoms in total. The molecule has 1 unspecified atom stereocenters. The number of anilines is 1. The van der Waals surface area contributed by atoms with Crippen molar-refractivity contribution in [3.63, 3.8) is 0 Å². The van der Waals surface area contributed by atoms with Crippen molar-refractivity contribution in [2.24, 2.45) is 0 Å². The van der Waals surface area contributed by atoms with Gasteiger partial charge in [0.2, 0.25) is 0 Å². The first-order chi connectivity index (χ1) is 12.6. The maximum Gasteiger partial charge on any atom is 0.252 e. The monoisotopic (exact) mass is 356 g/mol. The number of rotatable bonds is 7. The van der Waals surface area contributed by atoms with E-state index in [9.17, 15) is 4.79 Å². The third-order valence-electron chi connectivity index (χ3n) is 4.95. The van der Waals surface area contributed by atoms with Crippen LogP contribution in [0.2, 0.25) is 0 Å². The van der Waals surface area contributed by atoms with E-state index in [2.05, 4.69) is 27.6 Å². The van der Waals surface area contributed by atoms with Gasteiger partial charge in [-0.25, -0.2) is 4.98 Å². The Morgan fingerprint density at radius 2 is 2.19 bits per heavy atom. The molecule has 1 aliphatic heterocycles. The van der Waals surface area contributed by atoms with Crippen LogP contribution in [0.15, 0.2) is 34.9 Å². The molecule has 1 atom stereocenters. The van der Waals surface area contributed by atoms with Crippen molar-refractivity contribution in [1.82, 2.24) is 15.2 Å². The number of nitrogens with zero attached hydrogens (tertiary/aromatic N) is 2. The predicted octanol–water partition coefficient (Wildman–Crippen LogP) is 3.20. The first kappa shape index (κ1) is 18.5. The van der Waals surface area contributed by atoms with Gasteiger partial charge in [-0.15, -0.1) is 0 Å². The summed E-state index contributed by atoms with van der Waals surface area (Å²) in [4.78, 5) is 19.0. The number of likely N-dealkylation sites (tertiary alicyclic amines) is 1. The van der Waals surface area contributed by atoms with Crippen molar-refractivity contribution in [3.05, 3.63) is 47.5 Å². The fourth-order valence-electron chi connectivity index (χ4n) is 3.35. The van der Waals surface area contributed by atoms with Crippen LogP contribution in [0.25, 0.3) is 0 Å². The molecule has 6 heteroatoms. The highest BCUT2D eigenvalue weighted by Crippen LogP contribution is 2.17. The van der Waals surface area contributed by atoms with Crippen molar-refractivity contribution >= 4 is 11.7 Å². The summed E-state index contributed by atoms with van der Waals surface area (Å²) in [6.07, 6.45) is 6.41. The Hall–Kier alpha value is -2.34. The van der Waals surface area contributed by atoms with E-state index in [0.717, 1.165) is 30.3 Å². The molecule has 0 spiro atoms. The van der Waals surface area contributed by atoms with Gasteiger partial charge in [-0.2, -0.15) is 0 Å². The number of carbonyl (C=O) groups excluding carboxylic acids is 1. The predicted molar refractivity (Wildman–Crippen MR) is 102 cm³/mol. The smallest absolute Gasteiger partial charge is 0.252 e. The molecule has 0 radical (unpaired) electrons. The lowest BCUT2D eigenvalue weighted by Crippen LogP contribution is -2.39. The third kappa shape index (κ3) is 5.08. The minimum atomic E-state index is -0.0656. The minimum absolute atomic E-state index is 0.0656. The molecular formula is C20H28N4O2. The van der Waals surface area contributed by atoms with Gasteiger partial charge in [0, 0.05) is 18.8 Å². The summed E-state index contributed by atoms with van der Waals surface area (Å²) < 4.78 is 5.51. The average Bonchev–Trinajstić information content (AvgIpc) is 3.07. The van der Waals surface area contributed by atoms with Gasteiger partial charge in [-0.3, -0.25) is 4.79 Å². The molecule has 3 rings (SSSR count). The zero-order chi connectivity index (χ0) is 18.4. The molecule has 1 aliphatic rings. The molecule has 0 bridgehead atoms. The highest BCUT2D eigenvalue weighted by Gasteiger charge is 2.18. The van der Waals surface area contributed by atoms with Gasteiger partial charge < -0.3 is 20.0 Å². The van der Waals surface area contributed by atoms with Crippen LogP contribution in [0.1, 0.15) is 47.6 Å². The molecule has 3 heterocycles. The van der Waals surface area contributed by atoms with Crippen molar-refractivity contribution in [1.29, 1.82) is 0 Å². The Labute approximate surface area is 155 Å². The van der Waals surface area contributed by atoms with Crippen molar-refractivity contribution in [2.75, 3.05) is 25.5 Å². The molecule has 140 valence electrons. The molecule has 2 aromatic heterocycles. The van der Waals surface area contributed by atoms with Gasteiger partial charge in [0.15, 0.2) is 0 Å². The number of amides is 1. The van der Waals surface area contributed by atoms with Crippen molar-refractivity contribution < 1.29 is 9.21 Å². The van der Waals surface area contributed by atoms with E-state index in [0.29, 0.717) is 24.7 Å². The normalized spacial score (nSPS) is 17.8. The molecule has 0 aromatic carbocycles. The second-order valence-electron chi connectivity index (χ2n) is 6.97. The van der Waals surface area contributed by atoms with Crippen LogP contribution < -0.4 is 10.6 Å². The summed E-state index contributed by atoms with van der Waals surface area (Å²) >= 11 is 0. The molecular weight excluding hydrogens is 328 g/mol. The molecule has 1 saturated heterocycles. The maximum atomic E-state index is 12.3. The minimum Gasteiger partial charge on any atom is -0.465 e. The summed E-state index contributed by atoms with van der Waals surface area (Å²) in [5.41, 5.74) is 0.585. The Morgan fingerprint density at radius 1 is 1.31 bits per heavy atom. The van der Waals surface area contributed by atoms with E-state index < -0.39 is 0 Å². The Bertz CT molecular complexity index is 711. The number of hydrogen-bond acceptors (Lipinski definition) is 5. The average molecular weight is 356 g/mol. The lowest BCUT2D eigenvalue weighted by molar-refractivity contribution is 0.0945. The van der Waals surface area contributed by atoms with Gasteiger partial charge in [-0.05, 0) is 64.0 Å². The first-order valence-electron chi connectivity index (χ1n) is 9.35. The Kier molecular flexibility index (Phi) is 6.28. The summed E-state index contributed by atoms with van der Waals surface area (Å²) in [6.45, 7) is 4.35. The van der Waals surface area contributed by atoms with E-state index in [1.165, 1.54) is 19.3 Å². The molecule has 2 N–H and O–H groups in total. The zero-order valence-corrected chi connectivity index (χ0v) is 15.6. The zero-order valence-electron chi connectivity index (χ0n) is 15.6. The van der Waals surface area contributed by atoms with Gasteiger partial charge in [-0.1, -0.05) is 6.42 Å². The largest absolute Gasteiger partial charge is 0.465 e. The van der Waals surface area contributed by atoms with Crippen LogP contribution in [-0.4, -0.2) is 42.0 Å². The van der Waals surface area contributed by atoms with Crippen LogP contribution >= 0.6 is 0 Å². The topological polar surface area (TPSA) is 70.4 Å². The number of hydrogen-bond donors (Lipinski definition) is 2. The number of piperidine rings is 1. The number of aromatic nitrogens is 1. The summed E-state index contributed by atoms with van der Waals surface area (Å²) in [7, 11) is 2.17. The maximum absolute atomic E-state index is 12.3. The van der Waals surface area contributed by atoms with Crippen LogP contribution in [0, 0.1) is 6.92 Å². The van der Waals surface area contributed by atoms with E-state index in [4.69, 9.17) is 4.42 Å². The van der Waals surface area contributed by atoms with E-state index in [1.807, 2.05) is 25.1 Å². The number of pyridine rings is 1. The van der Waals surface area contributed by atoms with E-state index in [1.54, 1.807) is 12.3 Å². The number of aryl methyl sites for hydroxylation is 1. The quantitative estimate of drug-likeness (QED) is 0.797. The fraction of sp³-hybridized carbons (Fsp3) is 0.500. The standard InChI is InChI=1S/C20H28N4O2/c1-15-6-8-18(26-15)14-23-19-9-7-16(13-22-19)20(25)21-11-10-17-5-3-4-12-24(17)2/h6-9,13,17H,3-5,10-12,14H2,1-2H3,(H,21,25)(H,22,23). The van der Waals surface area contributed by atoms with E-state index >= 15 is 0 Å². The molecule has 1 amide bonds. The van der Waals surface area contributed by atoms with Gasteiger partial charge in [0.1, 0.15) is 17.3 Å². The second-order valence-corrected chi connectivity index (χ2v) is 6.97. The Morgan fingerprint density at radius 3 is 2.88 bits per heavy atom. The molecule has 0 aliphatic carbocycles. The lowest BCUT2D eigenvalue weighted by atomic mass is 10.0. The van der Waals surface area contributed by atoms with Crippen LogP contribution in [0.3, 0.4) is 0 Å². The first-order valence-corrected chi connectivity index (χ1v) is 9.35. The van der Waals surface area contributed by atoms with Gasteiger partial charge in [0.25, 0.3) is 5.91 Å². The number of carbonyl (C=O) groups is 1. The lowest BCUT2D eigenvalue weighted by Gasteiger charge is -2.32. The molecule has 26 heavy (non-hydrogen) atoms. The SMILES string of the molecule is Cc1ccc(CNc2ccc(C(=O)NCCC3CCCCN3C)cn2)o1. The summed E-state index contributed by atoms with van der Waals surface area (Å²) in [5, 5.41) is 6.20. The second kappa shape index (κ2) is 8.85. The van der Waals surface area contributed by atoms with Crippen molar-refractivity contribution in [2.45, 2.75) is 45.2 Å². The molecule has 1 fully saturated rings. The summed E-state index contributed by atoms with van der Waals surface area (Å²) in [6, 6.07) is 8.07. The number of nitrogens with one attached hydrogen (secondary N) is 2. The highest BCUT2D eigenvalue weighted by molar-refractivity contribution is 5.94. The third-order valence-corrected chi connectivity index (χ3v) is 4.95. The van der Waals surface area contributed by atoms with Crippen LogP contribution in [0.5, 0.6) is 0 Å². The van der Waals surface area contributed by atoms with Crippen molar-refractivity contribution in [3.8, 4) is 0 Å². The molecule has 2 aromatic rings. The van der Waals surface area contributed by atoms with Gasteiger partial charge in [0.05, 0.1) is 12.1 Å². The summed E-state index contributed by atoms with van der Waals surface area (Å²) in [5.74, 6) is 2.41. The van der Waals surface area contributed by atoms with Gasteiger partial charge >= 0.3 is 0 Å². The molecule has 0 saturated carbocycles. The number of furan rings is 1. The van der Waals surface area contributed by atoms with E-state index in [-0.39, 0.29) is 5.91 Å². The van der Waals surface area contributed by atoms with Crippen LogP contribution in [-0.2, 0) is 6.54 Å². The highest BCUT2D eigenvalue weighted by atomic mass is 16.3. The Balaban J connectivity index is 1.43. The fourth-order valence-corrected chi connectivity index (χ4v) is 3.35. The van der Waals surface area contributed by atoms with Crippen LogP contribution in [0.4, 0.5) is 5.82 Å².